The van der Waals surface area contributed by atoms with Crippen LogP contribution in [0.15, 0.2) is 24.3 Å². The molecule has 2 heterocycles. The van der Waals surface area contributed by atoms with Crippen molar-refractivity contribution in [1.82, 2.24) is 52.3 Å². The molecule has 1 aromatic carbocycles. The van der Waals surface area contributed by atoms with Gasteiger partial charge >= 0.3 is 11.9 Å². The third-order valence-electron chi connectivity index (χ3n) is 14.1. The Kier molecular flexibility index (Phi) is 28.9. The van der Waals surface area contributed by atoms with E-state index in [0.717, 1.165) is 16.7 Å². The van der Waals surface area contributed by atoms with Crippen molar-refractivity contribution in [3.8, 4) is 5.75 Å². The summed E-state index contributed by atoms with van der Waals surface area (Å²) >= 11 is 0. The number of carbonyl (C=O) groups excluding carboxylic acids is 12. The van der Waals surface area contributed by atoms with Gasteiger partial charge in [-0.05, 0) is 81.4 Å². The number of aliphatic carboxylic acids is 2. The van der Waals surface area contributed by atoms with Gasteiger partial charge < -0.3 is 100 Å². The van der Waals surface area contributed by atoms with Crippen molar-refractivity contribution in [2.75, 3.05) is 26.3 Å². The van der Waals surface area contributed by atoms with Gasteiger partial charge in [0.25, 0.3) is 0 Å². The first-order valence-corrected chi connectivity index (χ1v) is 28.3. The number of aromatic hydroxyl groups is 1. The summed E-state index contributed by atoms with van der Waals surface area (Å²) in [6, 6.07) is -12.0. The number of phenolic OH excluding ortho intramolecular Hbond substituents is 1. The maximum Gasteiger partial charge on any atom is 0.326 e. The van der Waals surface area contributed by atoms with Crippen molar-refractivity contribution in [1.29, 1.82) is 0 Å². The predicted molar refractivity (Wildman–Crippen MR) is 302 cm³/mol. The third kappa shape index (κ3) is 23.0. The Hall–Kier alpha value is -8.56. The molecule has 0 saturated carbocycles. The zero-order chi connectivity index (χ0) is 65.6. The molecule has 2 aliphatic rings. The standard InChI is InChI=1S/C54H83N13O20/c1-25(2)18-30(55)44(76)59-32(20-28-10-12-29(71)13-11-28)47(79)65-43(27(5)70)51(83)64-37(24-69)53(85)67-17-7-9-39(67)50(82)63-36(23-68)48(80)61-34(22-41(57)73)52(84)66-16-6-8-38(66)49(81)58-31(14-15-42(74)75)45(77)60-33(21-40(56)72)46(78)62-35(54(86)87)19-26(3)4/h10-13,25-27,30-39,43,68-71H,6-9,14-24,55H2,1-5H3,(H2,56,72)(H2,57,73)(H,58,81)(H,59,76)(H,60,77)(H,61,80)(H,62,78)(H,63,82)(H,64,83)(H,65,79)(H,74,75)(H,86,87)/t27-,30+,31+,32+,33+,34+,35+,36+,37+,38+,39+,43+/m1/s1. The molecule has 0 spiro atoms. The van der Waals surface area contributed by atoms with Crippen LogP contribution in [0.5, 0.6) is 5.75 Å². The number of likely N-dealkylation sites (tertiary alicyclic amines) is 2. The van der Waals surface area contributed by atoms with Crippen LogP contribution < -0.4 is 59.7 Å². The monoisotopic (exact) mass is 1230 g/mol. The van der Waals surface area contributed by atoms with E-state index in [4.69, 9.17) is 17.2 Å². The van der Waals surface area contributed by atoms with Gasteiger partial charge in [-0.3, -0.25) is 62.3 Å². The Morgan fingerprint density at radius 2 is 0.977 bits per heavy atom. The number of aliphatic hydroxyl groups excluding tert-OH is 3. The summed E-state index contributed by atoms with van der Waals surface area (Å²) in [6.45, 7) is 5.60. The van der Waals surface area contributed by atoms with Crippen LogP contribution in [0.3, 0.4) is 0 Å². The molecule has 87 heavy (non-hydrogen) atoms. The molecule has 33 heteroatoms. The maximum atomic E-state index is 14.2. The molecule has 0 aliphatic carbocycles. The largest absolute Gasteiger partial charge is 0.508 e. The van der Waals surface area contributed by atoms with Crippen molar-refractivity contribution in [2.24, 2.45) is 29.0 Å². The molecule has 12 atom stereocenters. The van der Waals surface area contributed by atoms with Crippen molar-refractivity contribution in [3.05, 3.63) is 29.8 Å². The van der Waals surface area contributed by atoms with Crippen LogP contribution in [0.1, 0.15) is 104 Å². The molecule has 2 fully saturated rings. The number of nitrogens with two attached hydrogens (primary N) is 3. The number of amides is 12. The van der Waals surface area contributed by atoms with E-state index in [2.05, 4.69) is 42.5 Å². The first kappa shape index (κ1) is 72.7. The second kappa shape index (κ2) is 34.6. The molecule has 3 rings (SSSR count). The van der Waals surface area contributed by atoms with E-state index in [9.17, 15) is 97.8 Å². The van der Waals surface area contributed by atoms with E-state index < -0.39 is 194 Å². The van der Waals surface area contributed by atoms with Gasteiger partial charge in [-0.15, -0.1) is 0 Å². The Balaban J connectivity index is 1.77. The maximum absolute atomic E-state index is 14.2. The van der Waals surface area contributed by atoms with Gasteiger partial charge in [0.15, 0.2) is 0 Å². The van der Waals surface area contributed by atoms with Crippen molar-refractivity contribution >= 4 is 82.8 Å². The number of hydrogen-bond acceptors (Lipinski definition) is 19. The SMILES string of the molecule is CC(C)C[C@H](NC(=O)[C@H](CC(N)=O)NC(=O)[C@H](CCC(=O)O)NC(=O)[C@@H]1CCCN1C(=O)[C@H](CC(N)=O)NC(=O)[C@H](CO)NC(=O)[C@@H]1CCCN1C(=O)[C@H](CO)NC(=O)[C@@H](NC(=O)[C@H](Cc1ccc(O)cc1)NC(=O)[C@@H](N)CC(C)C)[C@@H](C)O)C(=O)O. The van der Waals surface area contributed by atoms with Gasteiger partial charge in [-0.2, -0.15) is 0 Å². The highest BCUT2D eigenvalue weighted by atomic mass is 16.4. The van der Waals surface area contributed by atoms with Crippen LogP contribution in [0, 0.1) is 11.8 Å². The highest BCUT2D eigenvalue weighted by Crippen LogP contribution is 2.22. The number of carboxylic acids is 2. The number of nitrogens with one attached hydrogen (secondary N) is 8. The van der Waals surface area contributed by atoms with Gasteiger partial charge in [-0.1, -0.05) is 39.8 Å². The molecule has 0 aromatic heterocycles. The lowest BCUT2D eigenvalue weighted by molar-refractivity contribution is -0.145. The summed E-state index contributed by atoms with van der Waals surface area (Å²) in [4.78, 5) is 187. The summed E-state index contributed by atoms with van der Waals surface area (Å²) in [7, 11) is 0. The van der Waals surface area contributed by atoms with Crippen LogP contribution >= 0.6 is 0 Å². The number of benzene rings is 1. The number of rotatable bonds is 35. The fourth-order valence-electron chi connectivity index (χ4n) is 9.67. The summed E-state index contributed by atoms with van der Waals surface area (Å²) in [5, 5.41) is 78.7. The zero-order valence-corrected chi connectivity index (χ0v) is 49.0. The van der Waals surface area contributed by atoms with Gasteiger partial charge in [-0.25, -0.2) is 4.79 Å². The molecule has 12 amide bonds. The Morgan fingerprint density at radius 1 is 0.540 bits per heavy atom. The molecule has 1 aromatic rings. The Bertz CT molecular complexity index is 2660. The number of carboxylic acid groups (broad SMARTS) is 2. The smallest absolute Gasteiger partial charge is 0.326 e. The highest BCUT2D eigenvalue weighted by molar-refractivity contribution is 6.00. The fourth-order valence-corrected chi connectivity index (χ4v) is 9.67. The average Bonchev–Trinajstić information content (AvgIpc) is 3.14. The van der Waals surface area contributed by atoms with Crippen LogP contribution in [0.25, 0.3) is 0 Å². The molecular formula is C54H83N13O20. The summed E-state index contributed by atoms with van der Waals surface area (Å²) in [6.07, 6.45) is -4.56. The van der Waals surface area contributed by atoms with Crippen molar-refractivity contribution < 1.29 is 97.8 Å². The lowest BCUT2D eigenvalue weighted by Gasteiger charge is -2.31. The van der Waals surface area contributed by atoms with E-state index in [1.807, 2.05) is 13.8 Å². The number of primary amides is 2. The van der Waals surface area contributed by atoms with Gasteiger partial charge in [0.05, 0.1) is 38.2 Å². The molecule has 0 unspecified atom stereocenters. The van der Waals surface area contributed by atoms with Crippen LogP contribution in [-0.4, -0.2) is 222 Å². The highest BCUT2D eigenvalue weighted by Gasteiger charge is 2.43. The second-order valence-electron chi connectivity index (χ2n) is 22.2. The predicted octanol–water partition coefficient (Wildman–Crippen LogP) is -6.72. The number of nitrogens with zero attached hydrogens (tertiary/aromatic N) is 2. The van der Waals surface area contributed by atoms with Crippen LogP contribution in [0.2, 0.25) is 0 Å². The van der Waals surface area contributed by atoms with E-state index in [0.29, 0.717) is 5.56 Å². The lowest BCUT2D eigenvalue weighted by Crippen LogP contribution is -2.62. The first-order chi connectivity index (χ1) is 40.8. The summed E-state index contributed by atoms with van der Waals surface area (Å²) in [5.41, 5.74) is 17.3. The normalized spacial score (nSPS) is 18.2. The molecule has 33 nitrogen and oxygen atoms in total. The summed E-state index contributed by atoms with van der Waals surface area (Å²) < 4.78 is 0. The fraction of sp³-hybridized carbons (Fsp3) is 0.630. The first-order valence-electron chi connectivity index (χ1n) is 28.3. The second-order valence-corrected chi connectivity index (χ2v) is 22.2. The zero-order valence-electron chi connectivity index (χ0n) is 49.0. The third-order valence-corrected chi connectivity index (χ3v) is 14.1. The van der Waals surface area contributed by atoms with Crippen molar-refractivity contribution in [3.63, 3.8) is 0 Å². The van der Waals surface area contributed by atoms with Gasteiger partial charge in [0, 0.05) is 25.9 Å². The molecular weight excluding hydrogens is 1150 g/mol. The number of aliphatic hydroxyl groups is 3. The van der Waals surface area contributed by atoms with E-state index in [1.54, 1.807) is 13.8 Å². The number of phenols is 1. The molecule has 20 N–H and O–H groups in total. The molecule has 2 saturated heterocycles. The van der Waals surface area contributed by atoms with E-state index >= 15 is 0 Å². The average molecular weight is 1230 g/mol. The van der Waals surface area contributed by atoms with Crippen molar-refractivity contribution in [2.45, 2.75) is 178 Å². The van der Waals surface area contributed by atoms with Gasteiger partial charge in [0.2, 0.25) is 70.9 Å². The number of hydrogen-bond donors (Lipinski definition) is 17. The minimum atomic E-state index is -1.90. The minimum Gasteiger partial charge on any atom is -0.508 e. The van der Waals surface area contributed by atoms with E-state index in [-0.39, 0.29) is 75.6 Å². The van der Waals surface area contributed by atoms with Gasteiger partial charge in [0.1, 0.15) is 66.2 Å². The Morgan fingerprint density at radius 3 is 1.46 bits per heavy atom. The van der Waals surface area contributed by atoms with Crippen LogP contribution in [0.4, 0.5) is 0 Å². The quantitative estimate of drug-likeness (QED) is 0.0300. The topological polar surface area (TPSA) is 541 Å². The summed E-state index contributed by atoms with van der Waals surface area (Å²) in [5.74, 6) is -16.1. The molecule has 2 aliphatic heterocycles. The number of carbonyl (C=O) groups is 14. The Labute approximate surface area is 500 Å². The van der Waals surface area contributed by atoms with E-state index in [1.165, 1.54) is 24.3 Å². The lowest BCUT2D eigenvalue weighted by atomic mass is 10.0. The van der Waals surface area contributed by atoms with Crippen LogP contribution in [-0.2, 0) is 73.5 Å². The molecule has 0 bridgehead atoms. The molecule has 0 radical (unpaired) electrons. The minimum absolute atomic E-state index is 0.00555. The molecule has 484 valence electrons.